The number of Topliss-reactive ketones (excluding diaryl/α,β-unsaturated/α-hetero) is 1. The Labute approximate surface area is 166 Å². The molecule has 7 nitrogen and oxygen atoms in total. The summed E-state index contributed by atoms with van der Waals surface area (Å²) >= 11 is 0. The molecule has 1 saturated heterocycles. The lowest BCUT2D eigenvalue weighted by molar-refractivity contribution is -0.136. The largest absolute Gasteiger partial charge is 0.454 e. The van der Waals surface area contributed by atoms with E-state index in [0.29, 0.717) is 29.6 Å². The molecule has 1 fully saturated rings. The van der Waals surface area contributed by atoms with Gasteiger partial charge in [0.1, 0.15) is 5.52 Å². The molecule has 4 rings (SSSR count). The average molecular weight is 390 g/mol. The van der Waals surface area contributed by atoms with Crippen molar-refractivity contribution in [1.82, 2.24) is 4.98 Å². The maximum atomic E-state index is 12.2. The molecule has 2 heterocycles. The van der Waals surface area contributed by atoms with Crippen molar-refractivity contribution in [2.45, 2.75) is 12.8 Å². The Morgan fingerprint density at radius 2 is 1.93 bits per heavy atom. The summed E-state index contributed by atoms with van der Waals surface area (Å²) in [4.78, 5) is 41.8. The van der Waals surface area contributed by atoms with Crippen molar-refractivity contribution in [3.8, 4) is 0 Å². The highest BCUT2D eigenvalue weighted by atomic mass is 16.5. The predicted octanol–water partition coefficient (Wildman–Crippen LogP) is 3.39. The van der Waals surface area contributed by atoms with Gasteiger partial charge in [-0.1, -0.05) is 12.1 Å². The molecule has 0 N–H and O–H groups in total. The lowest BCUT2D eigenvalue weighted by atomic mass is 10.1. The van der Waals surface area contributed by atoms with Crippen LogP contribution in [0.25, 0.3) is 17.2 Å². The maximum absolute atomic E-state index is 12.2. The van der Waals surface area contributed by atoms with Crippen molar-refractivity contribution in [3.63, 3.8) is 0 Å². The highest BCUT2D eigenvalue weighted by molar-refractivity contribution is 6.00. The van der Waals surface area contributed by atoms with Gasteiger partial charge in [-0.15, -0.1) is 0 Å². The second kappa shape index (κ2) is 8.10. The summed E-state index contributed by atoms with van der Waals surface area (Å²) < 4.78 is 10.5. The molecule has 0 atom stereocenters. The van der Waals surface area contributed by atoms with E-state index in [1.807, 2.05) is 12.1 Å². The number of carbonyl (C=O) groups is 3. The number of para-hydroxylation sites is 2. The molecule has 146 valence electrons. The van der Waals surface area contributed by atoms with E-state index in [9.17, 15) is 14.4 Å². The first-order chi connectivity index (χ1) is 14.1. The topological polar surface area (TPSA) is 89.7 Å². The van der Waals surface area contributed by atoms with Crippen LogP contribution in [0, 0.1) is 0 Å². The lowest BCUT2D eigenvalue weighted by Crippen LogP contribution is -2.23. The fraction of sp³-hybridized carbons (Fsp3) is 0.182. The Balaban J connectivity index is 1.31. The molecule has 1 aliphatic rings. The number of hydrogen-bond donors (Lipinski definition) is 0. The zero-order valence-corrected chi connectivity index (χ0v) is 15.5. The van der Waals surface area contributed by atoms with E-state index in [1.165, 1.54) is 12.2 Å². The number of oxazole rings is 1. The maximum Gasteiger partial charge on any atom is 0.331 e. The number of nitrogens with zero attached hydrogens (tertiary/aromatic N) is 2. The third-order valence-electron chi connectivity index (χ3n) is 4.59. The van der Waals surface area contributed by atoms with Gasteiger partial charge in [0.05, 0.1) is 0 Å². The molecular weight excluding hydrogens is 372 g/mol. The molecule has 0 aliphatic carbocycles. The smallest absolute Gasteiger partial charge is 0.331 e. The van der Waals surface area contributed by atoms with Crippen LogP contribution in [-0.4, -0.2) is 35.8 Å². The Bertz CT molecular complexity index is 1060. The fourth-order valence-corrected chi connectivity index (χ4v) is 3.12. The van der Waals surface area contributed by atoms with Crippen LogP contribution in [0.1, 0.15) is 29.1 Å². The number of ether oxygens (including phenoxy) is 1. The molecule has 0 unspecified atom stereocenters. The van der Waals surface area contributed by atoms with Gasteiger partial charge in [-0.05, 0) is 42.8 Å². The number of hydrogen-bond acceptors (Lipinski definition) is 6. The van der Waals surface area contributed by atoms with Gasteiger partial charge in [-0.3, -0.25) is 9.59 Å². The standard InChI is InChI=1S/C22H18N2O5/c25-18(15-7-9-16(10-8-15)24-13-3-6-21(24)26)14-28-22(27)12-11-20-23-17-4-1-2-5-19(17)29-20/h1-2,4-5,7-12H,3,6,13-14H2/b12-11+. The van der Waals surface area contributed by atoms with E-state index in [0.717, 1.165) is 12.1 Å². The second-order valence-corrected chi connectivity index (χ2v) is 6.58. The van der Waals surface area contributed by atoms with Gasteiger partial charge < -0.3 is 14.1 Å². The summed E-state index contributed by atoms with van der Waals surface area (Å²) in [7, 11) is 0. The Kier molecular flexibility index (Phi) is 5.20. The predicted molar refractivity (Wildman–Crippen MR) is 106 cm³/mol. The minimum atomic E-state index is -0.667. The van der Waals surface area contributed by atoms with Gasteiger partial charge in [0.15, 0.2) is 18.0 Å². The summed E-state index contributed by atoms with van der Waals surface area (Å²) in [5.74, 6) is -0.627. The first kappa shape index (κ1) is 18.6. The molecule has 0 radical (unpaired) electrons. The second-order valence-electron chi connectivity index (χ2n) is 6.58. The molecule has 0 saturated carbocycles. The summed E-state index contributed by atoms with van der Waals surface area (Å²) in [6, 6.07) is 14.0. The van der Waals surface area contributed by atoms with E-state index in [2.05, 4.69) is 4.98 Å². The molecule has 0 spiro atoms. The van der Waals surface area contributed by atoms with Crippen LogP contribution in [0.3, 0.4) is 0 Å². The monoisotopic (exact) mass is 390 g/mol. The third kappa shape index (κ3) is 4.24. The molecule has 1 aliphatic heterocycles. The van der Waals surface area contributed by atoms with Crippen molar-refractivity contribution >= 4 is 40.5 Å². The van der Waals surface area contributed by atoms with E-state index >= 15 is 0 Å². The molecule has 1 aromatic heterocycles. The number of rotatable bonds is 6. The summed E-state index contributed by atoms with van der Waals surface area (Å²) in [6.07, 6.45) is 3.95. The van der Waals surface area contributed by atoms with E-state index in [4.69, 9.17) is 9.15 Å². The SMILES string of the molecule is O=C(/C=C/c1nc2ccccc2o1)OCC(=O)c1ccc(N2CCCC2=O)cc1. The quantitative estimate of drug-likeness (QED) is 0.364. The van der Waals surface area contributed by atoms with E-state index in [1.54, 1.807) is 41.3 Å². The molecule has 7 heteroatoms. The number of carbonyl (C=O) groups excluding carboxylic acids is 3. The van der Waals surface area contributed by atoms with Crippen LogP contribution < -0.4 is 4.90 Å². The highest BCUT2D eigenvalue weighted by Gasteiger charge is 2.21. The minimum absolute atomic E-state index is 0.0868. The molecule has 0 bridgehead atoms. The third-order valence-corrected chi connectivity index (χ3v) is 4.59. The molecular formula is C22H18N2O5. The lowest BCUT2D eigenvalue weighted by Gasteiger charge is -2.15. The van der Waals surface area contributed by atoms with Gasteiger partial charge in [0, 0.05) is 36.4 Å². The number of aromatic nitrogens is 1. The van der Waals surface area contributed by atoms with Crippen LogP contribution in [0.5, 0.6) is 0 Å². The van der Waals surface area contributed by atoms with Crippen molar-refractivity contribution in [2.75, 3.05) is 18.1 Å². The summed E-state index contributed by atoms with van der Waals surface area (Å²) in [6.45, 7) is 0.314. The number of esters is 1. The Hall–Kier alpha value is -3.74. The number of benzene rings is 2. The van der Waals surface area contributed by atoms with Crippen molar-refractivity contribution in [2.24, 2.45) is 0 Å². The minimum Gasteiger partial charge on any atom is -0.454 e. The normalized spacial score (nSPS) is 14.1. The number of anilines is 1. The molecule has 3 aromatic rings. The first-order valence-electron chi connectivity index (χ1n) is 9.24. The number of ketones is 1. The van der Waals surface area contributed by atoms with E-state index < -0.39 is 5.97 Å². The highest BCUT2D eigenvalue weighted by Crippen LogP contribution is 2.21. The van der Waals surface area contributed by atoms with Gasteiger partial charge in [-0.25, -0.2) is 9.78 Å². The fourth-order valence-electron chi connectivity index (χ4n) is 3.12. The zero-order chi connectivity index (χ0) is 20.2. The van der Waals surface area contributed by atoms with Gasteiger partial charge >= 0.3 is 5.97 Å². The summed E-state index contributed by atoms with van der Waals surface area (Å²) in [5, 5.41) is 0. The van der Waals surface area contributed by atoms with Crippen LogP contribution in [0.2, 0.25) is 0 Å². The average Bonchev–Trinajstić information content (AvgIpc) is 3.36. The van der Waals surface area contributed by atoms with Crippen molar-refractivity contribution in [1.29, 1.82) is 0 Å². The summed E-state index contributed by atoms with van der Waals surface area (Å²) in [5.41, 5.74) is 2.49. The van der Waals surface area contributed by atoms with Crippen LogP contribution >= 0.6 is 0 Å². The first-order valence-corrected chi connectivity index (χ1v) is 9.24. The van der Waals surface area contributed by atoms with Crippen LogP contribution in [0.15, 0.2) is 59.0 Å². The zero-order valence-electron chi connectivity index (χ0n) is 15.5. The van der Waals surface area contributed by atoms with Crippen LogP contribution in [-0.2, 0) is 14.3 Å². The van der Waals surface area contributed by atoms with Gasteiger partial charge in [0.25, 0.3) is 0 Å². The van der Waals surface area contributed by atoms with Gasteiger partial charge in [0.2, 0.25) is 11.8 Å². The van der Waals surface area contributed by atoms with E-state index in [-0.39, 0.29) is 24.2 Å². The molecule has 29 heavy (non-hydrogen) atoms. The number of amides is 1. The molecule has 1 amide bonds. The van der Waals surface area contributed by atoms with Crippen molar-refractivity contribution < 1.29 is 23.5 Å². The Morgan fingerprint density at radius 1 is 1.14 bits per heavy atom. The van der Waals surface area contributed by atoms with Gasteiger partial charge in [-0.2, -0.15) is 0 Å². The van der Waals surface area contributed by atoms with Crippen molar-refractivity contribution in [3.05, 3.63) is 66.1 Å². The number of fused-ring (bicyclic) bond motifs is 1. The van der Waals surface area contributed by atoms with Crippen LogP contribution in [0.4, 0.5) is 5.69 Å². The molecule has 2 aromatic carbocycles. The Morgan fingerprint density at radius 3 is 2.66 bits per heavy atom.